The van der Waals surface area contributed by atoms with Gasteiger partial charge in [-0.3, -0.25) is 0 Å². The number of carbonyl (C=O) groups is 1. The number of hydrogen-bond donors (Lipinski definition) is 1. The normalized spacial score (nSPS) is 12.1. The second kappa shape index (κ2) is 6.81. The van der Waals surface area contributed by atoms with E-state index in [1.165, 1.54) is 6.92 Å². The van der Waals surface area contributed by atoms with Gasteiger partial charge in [0.05, 0.1) is 0 Å². The molecule has 0 amide bonds. The first-order valence-corrected chi connectivity index (χ1v) is 7.95. The van der Waals surface area contributed by atoms with Gasteiger partial charge in [-0.1, -0.05) is 30.3 Å². The smallest absolute Gasteiger partial charge is 0.344 e. The van der Waals surface area contributed by atoms with Gasteiger partial charge in [-0.15, -0.1) is 0 Å². The van der Waals surface area contributed by atoms with Gasteiger partial charge >= 0.3 is 11.6 Å². The molecule has 0 bridgehead atoms. The van der Waals surface area contributed by atoms with Crippen molar-refractivity contribution in [1.29, 1.82) is 0 Å². The predicted octanol–water partition coefficient (Wildman–Crippen LogP) is 3.54. The molecule has 0 saturated carbocycles. The van der Waals surface area contributed by atoms with E-state index in [0.717, 1.165) is 16.5 Å². The second-order valence-corrected chi connectivity index (χ2v) is 5.91. The molecule has 25 heavy (non-hydrogen) atoms. The fourth-order valence-corrected chi connectivity index (χ4v) is 2.71. The van der Waals surface area contributed by atoms with Crippen LogP contribution in [0.25, 0.3) is 11.0 Å². The molecule has 0 fully saturated rings. The minimum absolute atomic E-state index is 0.348. The summed E-state index contributed by atoms with van der Waals surface area (Å²) in [7, 11) is 0. The fraction of sp³-hybridized carbons (Fsp3) is 0.200. The van der Waals surface area contributed by atoms with Crippen molar-refractivity contribution in [1.82, 2.24) is 0 Å². The van der Waals surface area contributed by atoms with Gasteiger partial charge in [0.25, 0.3) is 0 Å². The summed E-state index contributed by atoms with van der Waals surface area (Å²) >= 11 is 0. The lowest BCUT2D eigenvalue weighted by Crippen LogP contribution is -2.22. The highest BCUT2D eigenvalue weighted by Gasteiger charge is 2.15. The molecule has 0 unspecified atom stereocenters. The van der Waals surface area contributed by atoms with E-state index in [1.54, 1.807) is 18.2 Å². The number of carboxylic acids is 1. The Kier molecular flexibility index (Phi) is 4.57. The summed E-state index contributed by atoms with van der Waals surface area (Å²) in [6, 6.07) is 14.7. The highest BCUT2D eigenvalue weighted by Crippen LogP contribution is 2.25. The van der Waals surface area contributed by atoms with Crippen molar-refractivity contribution < 1.29 is 19.1 Å². The molecule has 2 aromatic carbocycles. The van der Waals surface area contributed by atoms with Crippen LogP contribution in [0.1, 0.15) is 23.6 Å². The lowest BCUT2D eigenvalue weighted by molar-refractivity contribution is -0.144. The average molecular weight is 338 g/mol. The highest BCUT2D eigenvalue weighted by atomic mass is 16.5. The highest BCUT2D eigenvalue weighted by molar-refractivity contribution is 5.82. The Labute approximate surface area is 144 Å². The maximum absolute atomic E-state index is 12.4. The van der Waals surface area contributed by atoms with Crippen molar-refractivity contribution in [3.8, 4) is 5.75 Å². The van der Waals surface area contributed by atoms with Crippen molar-refractivity contribution in [2.24, 2.45) is 0 Å². The van der Waals surface area contributed by atoms with Crippen molar-refractivity contribution in [2.45, 2.75) is 26.4 Å². The van der Waals surface area contributed by atoms with Gasteiger partial charge in [0.2, 0.25) is 0 Å². The molecule has 3 aromatic rings. The Morgan fingerprint density at radius 1 is 1.20 bits per heavy atom. The van der Waals surface area contributed by atoms with Gasteiger partial charge in [-0.25, -0.2) is 9.59 Å². The standard InChI is InChI=1S/C20H18O5/c1-12-16-9-8-15(24-13(2)19(21)22)11-18(16)25-20(23)17(12)10-14-6-4-3-5-7-14/h3-9,11,13H,10H2,1-2H3,(H,21,22)/t13-/m0/s1. The van der Waals surface area contributed by atoms with Crippen LogP contribution in [0, 0.1) is 6.92 Å². The number of aryl methyl sites for hydroxylation is 1. The van der Waals surface area contributed by atoms with E-state index in [9.17, 15) is 9.59 Å². The van der Waals surface area contributed by atoms with Crippen LogP contribution in [0.15, 0.2) is 57.7 Å². The third-order valence-electron chi connectivity index (χ3n) is 4.14. The van der Waals surface area contributed by atoms with E-state index in [4.69, 9.17) is 14.3 Å². The molecule has 5 nitrogen and oxygen atoms in total. The van der Waals surface area contributed by atoms with Crippen LogP contribution >= 0.6 is 0 Å². The zero-order chi connectivity index (χ0) is 18.0. The maximum atomic E-state index is 12.4. The number of ether oxygens (including phenoxy) is 1. The molecule has 5 heteroatoms. The van der Waals surface area contributed by atoms with E-state index in [2.05, 4.69) is 0 Å². The molecule has 0 spiro atoms. The minimum Gasteiger partial charge on any atom is -0.479 e. The molecule has 0 radical (unpaired) electrons. The van der Waals surface area contributed by atoms with Crippen molar-refractivity contribution in [2.75, 3.05) is 0 Å². The summed E-state index contributed by atoms with van der Waals surface area (Å²) in [5, 5.41) is 9.73. The Morgan fingerprint density at radius 2 is 1.92 bits per heavy atom. The molecular weight excluding hydrogens is 320 g/mol. The number of aliphatic carboxylic acids is 1. The maximum Gasteiger partial charge on any atom is 0.344 e. The Morgan fingerprint density at radius 3 is 2.60 bits per heavy atom. The molecule has 1 heterocycles. The number of hydrogen-bond acceptors (Lipinski definition) is 4. The van der Waals surface area contributed by atoms with Crippen molar-refractivity contribution in [3.05, 3.63) is 75.6 Å². The topological polar surface area (TPSA) is 76.7 Å². The molecule has 0 aliphatic carbocycles. The number of carboxylic acid groups (broad SMARTS) is 1. The largest absolute Gasteiger partial charge is 0.479 e. The van der Waals surface area contributed by atoms with Gasteiger partial charge in [-0.05, 0) is 37.1 Å². The van der Waals surface area contributed by atoms with Gasteiger partial charge in [0, 0.05) is 23.4 Å². The zero-order valence-electron chi connectivity index (χ0n) is 14.0. The van der Waals surface area contributed by atoms with Gasteiger partial charge in [0.1, 0.15) is 11.3 Å². The van der Waals surface area contributed by atoms with Crippen molar-refractivity contribution in [3.63, 3.8) is 0 Å². The van der Waals surface area contributed by atoms with Crippen LogP contribution in [-0.2, 0) is 11.2 Å². The summed E-state index contributed by atoms with van der Waals surface area (Å²) in [4.78, 5) is 23.3. The first kappa shape index (κ1) is 16.8. The summed E-state index contributed by atoms with van der Waals surface area (Å²) in [6.45, 7) is 3.33. The predicted molar refractivity (Wildman–Crippen MR) is 94.2 cm³/mol. The Bertz CT molecular complexity index is 973. The summed E-state index contributed by atoms with van der Waals surface area (Å²) in [5.74, 6) is -0.711. The Hall–Kier alpha value is -3.08. The molecule has 0 saturated heterocycles. The lowest BCUT2D eigenvalue weighted by Gasteiger charge is -2.12. The molecule has 0 aliphatic heterocycles. The Balaban J connectivity index is 2.00. The minimum atomic E-state index is -1.06. The molecule has 128 valence electrons. The van der Waals surface area contributed by atoms with Crippen LogP contribution in [0.4, 0.5) is 0 Å². The van der Waals surface area contributed by atoms with Crippen LogP contribution in [0.3, 0.4) is 0 Å². The second-order valence-electron chi connectivity index (χ2n) is 5.91. The summed E-state index contributed by atoms with van der Waals surface area (Å²) < 4.78 is 10.8. The van der Waals surface area contributed by atoms with E-state index < -0.39 is 17.7 Å². The SMILES string of the molecule is Cc1c(Cc2ccccc2)c(=O)oc2cc(O[C@@H](C)C(=O)O)ccc12. The van der Waals surface area contributed by atoms with Gasteiger partial charge in [-0.2, -0.15) is 0 Å². The van der Waals surface area contributed by atoms with Crippen LogP contribution in [0.5, 0.6) is 5.75 Å². The van der Waals surface area contributed by atoms with E-state index in [-0.39, 0.29) is 0 Å². The third-order valence-corrected chi connectivity index (χ3v) is 4.14. The molecule has 0 aliphatic rings. The lowest BCUT2D eigenvalue weighted by atomic mass is 10.00. The van der Waals surface area contributed by atoms with Crippen LogP contribution in [-0.4, -0.2) is 17.2 Å². The number of fused-ring (bicyclic) bond motifs is 1. The molecule has 3 rings (SSSR count). The monoisotopic (exact) mass is 338 g/mol. The van der Waals surface area contributed by atoms with Crippen LogP contribution < -0.4 is 10.4 Å². The fourth-order valence-electron chi connectivity index (χ4n) is 2.71. The molecule has 1 atom stereocenters. The molecule has 1 aromatic heterocycles. The van der Waals surface area contributed by atoms with Crippen LogP contribution in [0.2, 0.25) is 0 Å². The first-order valence-electron chi connectivity index (χ1n) is 7.95. The summed E-state index contributed by atoms with van der Waals surface area (Å²) in [5.41, 5.74) is 2.50. The van der Waals surface area contributed by atoms with E-state index in [1.807, 2.05) is 37.3 Å². The first-order chi connectivity index (χ1) is 12.0. The average Bonchev–Trinajstić information content (AvgIpc) is 2.59. The third kappa shape index (κ3) is 3.55. The summed E-state index contributed by atoms with van der Waals surface area (Å²) in [6.07, 6.45) is -0.484. The van der Waals surface area contributed by atoms with E-state index in [0.29, 0.717) is 23.3 Å². The number of benzene rings is 2. The molecular formula is C20H18O5. The molecule has 1 N–H and O–H groups in total. The van der Waals surface area contributed by atoms with Crippen molar-refractivity contribution >= 4 is 16.9 Å². The van der Waals surface area contributed by atoms with Gasteiger partial charge < -0.3 is 14.3 Å². The zero-order valence-corrected chi connectivity index (χ0v) is 14.0. The quantitative estimate of drug-likeness (QED) is 0.720. The van der Waals surface area contributed by atoms with Gasteiger partial charge in [0.15, 0.2) is 6.10 Å². The number of rotatable bonds is 5. The van der Waals surface area contributed by atoms with E-state index >= 15 is 0 Å².